The SMILES string of the molecule is CN=C(NCC(C)CN(C)C(=O)OC(C)(C)C)N(C)CCOCC1CC1.I. The molecule has 1 fully saturated rings. The van der Waals surface area contributed by atoms with Crippen LogP contribution < -0.4 is 5.32 Å². The average Bonchev–Trinajstić information content (AvgIpc) is 3.34. The number of nitrogens with zero attached hydrogens (tertiary/aromatic N) is 3. The van der Waals surface area contributed by atoms with Crippen LogP contribution in [0.15, 0.2) is 4.99 Å². The second kappa shape index (κ2) is 12.6. The lowest BCUT2D eigenvalue weighted by Gasteiger charge is -2.27. The standard InChI is InChI=1S/C19H38N4O3.HI/c1-15(13-23(7)18(24)26-19(2,3)4)12-21-17(20-5)22(6)10-11-25-14-16-8-9-16;/h15-16H,8-14H2,1-7H3,(H,20,21);1H. The van der Waals surface area contributed by atoms with Crippen molar-refractivity contribution in [1.29, 1.82) is 0 Å². The van der Waals surface area contributed by atoms with Crippen LogP contribution in [0.1, 0.15) is 40.5 Å². The van der Waals surface area contributed by atoms with Gasteiger partial charge in [-0.1, -0.05) is 6.92 Å². The van der Waals surface area contributed by atoms with Gasteiger partial charge in [-0.15, -0.1) is 24.0 Å². The van der Waals surface area contributed by atoms with E-state index in [1.165, 1.54) is 12.8 Å². The second-order valence-corrected chi connectivity index (χ2v) is 8.33. The Morgan fingerprint density at radius 1 is 1.26 bits per heavy atom. The molecular weight excluding hydrogens is 459 g/mol. The van der Waals surface area contributed by atoms with Crippen LogP contribution >= 0.6 is 24.0 Å². The van der Waals surface area contributed by atoms with Crippen LogP contribution in [0.25, 0.3) is 0 Å². The first-order valence-electron chi connectivity index (χ1n) is 9.56. The van der Waals surface area contributed by atoms with E-state index in [0.29, 0.717) is 13.2 Å². The quantitative estimate of drug-likeness (QED) is 0.229. The molecule has 160 valence electrons. The molecule has 1 amide bonds. The fraction of sp³-hybridized carbons (Fsp3) is 0.895. The summed E-state index contributed by atoms with van der Waals surface area (Å²) < 4.78 is 11.1. The van der Waals surface area contributed by atoms with Crippen LogP contribution in [-0.4, -0.2) is 81.4 Å². The van der Waals surface area contributed by atoms with Gasteiger partial charge in [-0.3, -0.25) is 4.99 Å². The van der Waals surface area contributed by atoms with Crippen molar-refractivity contribution in [2.75, 3.05) is 54.0 Å². The lowest BCUT2D eigenvalue weighted by atomic mass is 10.1. The molecule has 1 unspecified atom stereocenters. The average molecular weight is 498 g/mol. The summed E-state index contributed by atoms with van der Waals surface area (Å²) in [6.07, 6.45) is 2.34. The molecule has 1 saturated carbocycles. The van der Waals surface area contributed by atoms with Crippen molar-refractivity contribution >= 4 is 36.0 Å². The first-order valence-corrected chi connectivity index (χ1v) is 9.56. The third-order valence-corrected chi connectivity index (χ3v) is 4.09. The molecule has 1 N–H and O–H groups in total. The molecule has 1 rings (SSSR count). The summed E-state index contributed by atoms with van der Waals surface area (Å²) >= 11 is 0. The Bertz CT molecular complexity index is 464. The van der Waals surface area contributed by atoms with Gasteiger partial charge < -0.3 is 24.6 Å². The first kappa shape index (κ1) is 26.2. The molecule has 0 aliphatic heterocycles. The maximum absolute atomic E-state index is 12.0. The zero-order valence-electron chi connectivity index (χ0n) is 18.1. The topological polar surface area (TPSA) is 66.4 Å². The largest absolute Gasteiger partial charge is 0.444 e. The van der Waals surface area contributed by atoms with E-state index in [4.69, 9.17) is 9.47 Å². The lowest BCUT2D eigenvalue weighted by Crippen LogP contribution is -2.44. The van der Waals surface area contributed by atoms with E-state index in [2.05, 4.69) is 22.1 Å². The van der Waals surface area contributed by atoms with Crippen LogP contribution in [0.2, 0.25) is 0 Å². The highest BCUT2D eigenvalue weighted by Gasteiger charge is 2.22. The van der Waals surface area contributed by atoms with Gasteiger partial charge in [-0.2, -0.15) is 0 Å². The molecule has 1 atom stereocenters. The molecule has 7 nitrogen and oxygen atoms in total. The fourth-order valence-corrected chi connectivity index (χ4v) is 2.44. The van der Waals surface area contributed by atoms with E-state index in [-0.39, 0.29) is 36.0 Å². The number of ether oxygens (including phenoxy) is 2. The molecule has 1 aliphatic carbocycles. The summed E-state index contributed by atoms with van der Waals surface area (Å²) in [7, 11) is 5.55. The number of aliphatic imine (C=N–C) groups is 1. The van der Waals surface area contributed by atoms with Crippen molar-refractivity contribution in [1.82, 2.24) is 15.1 Å². The van der Waals surface area contributed by atoms with E-state index < -0.39 is 5.60 Å². The third kappa shape index (κ3) is 12.3. The zero-order chi connectivity index (χ0) is 19.7. The van der Waals surface area contributed by atoms with Gasteiger partial charge in [-0.25, -0.2) is 4.79 Å². The maximum atomic E-state index is 12.0. The minimum absolute atomic E-state index is 0. The number of halogens is 1. The van der Waals surface area contributed by atoms with Crippen molar-refractivity contribution in [2.24, 2.45) is 16.8 Å². The molecular formula is C19H39IN4O3. The maximum Gasteiger partial charge on any atom is 0.410 e. The number of rotatable bonds is 9. The van der Waals surface area contributed by atoms with Crippen molar-refractivity contribution in [2.45, 2.75) is 46.1 Å². The van der Waals surface area contributed by atoms with Gasteiger partial charge in [0.05, 0.1) is 6.61 Å². The molecule has 0 saturated heterocycles. The highest BCUT2D eigenvalue weighted by molar-refractivity contribution is 14.0. The van der Waals surface area contributed by atoms with Gasteiger partial charge in [-0.05, 0) is 45.4 Å². The Balaban J connectivity index is 0.00000676. The summed E-state index contributed by atoms with van der Waals surface area (Å²) in [6.45, 7) is 11.5. The summed E-state index contributed by atoms with van der Waals surface area (Å²) in [5, 5.41) is 3.37. The highest BCUT2D eigenvalue weighted by Crippen LogP contribution is 2.28. The summed E-state index contributed by atoms with van der Waals surface area (Å²) in [6, 6.07) is 0. The molecule has 0 heterocycles. The summed E-state index contributed by atoms with van der Waals surface area (Å²) in [5.74, 6) is 1.90. The van der Waals surface area contributed by atoms with E-state index in [1.54, 1.807) is 19.0 Å². The lowest BCUT2D eigenvalue weighted by molar-refractivity contribution is 0.0277. The van der Waals surface area contributed by atoms with E-state index in [1.807, 2.05) is 27.8 Å². The molecule has 8 heteroatoms. The number of likely N-dealkylation sites (N-methyl/N-ethyl adjacent to an activating group) is 1. The molecule has 1 aliphatic rings. The van der Waals surface area contributed by atoms with Gasteiger partial charge in [0.1, 0.15) is 5.60 Å². The van der Waals surface area contributed by atoms with Gasteiger partial charge in [0.15, 0.2) is 5.96 Å². The first-order chi connectivity index (χ1) is 12.1. The predicted octanol–water partition coefficient (Wildman–Crippen LogP) is 3.04. The Hall–Kier alpha value is -0.770. The number of hydrogen-bond acceptors (Lipinski definition) is 4. The minimum atomic E-state index is -0.473. The van der Waals surface area contributed by atoms with Crippen LogP contribution in [0.4, 0.5) is 4.79 Å². The zero-order valence-corrected chi connectivity index (χ0v) is 20.4. The molecule has 0 aromatic rings. The number of amides is 1. The summed E-state index contributed by atoms with van der Waals surface area (Å²) in [5.41, 5.74) is -0.473. The Kier molecular flexibility index (Phi) is 12.3. The van der Waals surface area contributed by atoms with Crippen LogP contribution in [0, 0.1) is 11.8 Å². The molecule has 27 heavy (non-hydrogen) atoms. The number of nitrogens with one attached hydrogen (secondary N) is 1. The Morgan fingerprint density at radius 3 is 2.41 bits per heavy atom. The summed E-state index contributed by atoms with van der Waals surface area (Å²) in [4.78, 5) is 20.0. The number of hydrogen-bond donors (Lipinski definition) is 1. The monoisotopic (exact) mass is 498 g/mol. The molecule has 0 radical (unpaired) electrons. The Morgan fingerprint density at radius 2 is 1.89 bits per heavy atom. The number of guanidine groups is 1. The van der Waals surface area contributed by atoms with Crippen molar-refractivity contribution < 1.29 is 14.3 Å². The van der Waals surface area contributed by atoms with Gasteiger partial charge >= 0.3 is 6.09 Å². The highest BCUT2D eigenvalue weighted by atomic mass is 127. The molecule has 0 spiro atoms. The van der Waals surface area contributed by atoms with Crippen LogP contribution in [-0.2, 0) is 9.47 Å². The number of carbonyl (C=O) groups is 1. The normalized spacial score (nSPS) is 15.6. The smallest absolute Gasteiger partial charge is 0.410 e. The second-order valence-electron chi connectivity index (χ2n) is 8.33. The predicted molar refractivity (Wildman–Crippen MR) is 121 cm³/mol. The van der Waals surface area contributed by atoms with E-state index >= 15 is 0 Å². The van der Waals surface area contributed by atoms with Crippen LogP contribution in [0.3, 0.4) is 0 Å². The fourth-order valence-electron chi connectivity index (χ4n) is 2.44. The van der Waals surface area contributed by atoms with Crippen molar-refractivity contribution in [3.8, 4) is 0 Å². The number of carbonyl (C=O) groups excluding carboxylic acids is 1. The van der Waals surface area contributed by atoms with Crippen LogP contribution in [0.5, 0.6) is 0 Å². The van der Waals surface area contributed by atoms with Crippen molar-refractivity contribution in [3.63, 3.8) is 0 Å². The molecule has 0 bridgehead atoms. The minimum Gasteiger partial charge on any atom is -0.444 e. The Labute approximate surface area is 182 Å². The third-order valence-electron chi connectivity index (χ3n) is 4.09. The van der Waals surface area contributed by atoms with Gasteiger partial charge in [0.25, 0.3) is 0 Å². The van der Waals surface area contributed by atoms with Gasteiger partial charge in [0, 0.05) is 47.4 Å². The van der Waals surface area contributed by atoms with Gasteiger partial charge in [0.2, 0.25) is 0 Å². The van der Waals surface area contributed by atoms with E-state index in [9.17, 15) is 4.79 Å². The molecule has 0 aromatic carbocycles. The van der Waals surface area contributed by atoms with Crippen molar-refractivity contribution in [3.05, 3.63) is 0 Å². The molecule has 0 aromatic heterocycles. The van der Waals surface area contributed by atoms with E-state index in [0.717, 1.165) is 31.6 Å².